The molecule has 23 heavy (non-hydrogen) atoms. The van der Waals surface area contributed by atoms with Gasteiger partial charge in [-0.1, -0.05) is 21.9 Å². The normalized spacial score (nSPS) is 18.6. The number of aliphatic imine (C=N–C) groups is 1. The first-order chi connectivity index (χ1) is 10.7. The first kappa shape index (κ1) is 16.2. The number of methoxy groups -OCH3 is 1. The number of benzene rings is 1. The van der Waals surface area contributed by atoms with Crippen LogP contribution in [-0.4, -0.2) is 27.4 Å². The predicted octanol–water partition coefficient (Wildman–Crippen LogP) is -0.318. The maximum absolute atomic E-state index is 5.54. The van der Waals surface area contributed by atoms with Gasteiger partial charge < -0.3 is 17.1 Å². The van der Waals surface area contributed by atoms with E-state index in [-0.39, 0.29) is 18.6 Å². The predicted molar refractivity (Wildman–Crippen MR) is 87.8 cm³/mol. The lowest BCUT2D eigenvalue weighted by molar-refractivity contribution is -0.770. The summed E-state index contributed by atoms with van der Waals surface area (Å²) in [7, 11) is 1.68. The van der Waals surface area contributed by atoms with Crippen molar-refractivity contribution in [2.45, 2.75) is 20.0 Å². The molecule has 2 aliphatic rings. The molecule has 0 spiro atoms. The van der Waals surface area contributed by atoms with E-state index >= 15 is 0 Å². The minimum absolute atomic E-state index is 0. The number of halogens is 1. The van der Waals surface area contributed by atoms with Crippen LogP contribution < -0.4 is 21.8 Å². The third-order valence-electron chi connectivity index (χ3n) is 3.44. The number of ether oxygens (including phenoxy) is 1. The zero-order chi connectivity index (χ0) is 15.3. The van der Waals surface area contributed by atoms with Crippen LogP contribution >= 0.6 is 23.1 Å². The van der Waals surface area contributed by atoms with Crippen LogP contribution in [0.15, 0.2) is 34.4 Å². The Balaban J connectivity index is 0.00000156. The minimum atomic E-state index is -0.173. The molecular weight excluding hydrogens is 354 g/mol. The summed E-state index contributed by atoms with van der Waals surface area (Å²) in [4.78, 5) is 4.68. The van der Waals surface area contributed by atoms with Crippen molar-refractivity contribution in [1.82, 2.24) is 10.1 Å². The van der Waals surface area contributed by atoms with Gasteiger partial charge in [0.25, 0.3) is 6.17 Å². The molecule has 1 unspecified atom stereocenters. The van der Waals surface area contributed by atoms with E-state index in [1.807, 2.05) is 47.8 Å². The molecule has 1 atom stereocenters. The molecule has 1 aromatic carbocycles. The molecule has 120 valence electrons. The van der Waals surface area contributed by atoms with Crippen molar-refractivity contribution >= 4 is 38.4 Å². The van der Waals surface area contributed by atoms with E-state index in [0.717, 1.165) is 31.7 Å². The van der Waals surface area contributed by atoms with Gasteiger partial charge in [-0.25, -0.2) is 0 Å². The first-order valence-electron chi connectivity index (χ1n) is 6.80. The quantitative estimate of drug-likeness (QED) is 0.683. The standard InChI is InChI=1S/C14H14N5OS2.ClH/c1-8-16-18-12(10-6-4-5-7-11(10)20-3)19-14(15-13(18)21-8)22-9(2)17-19;/h4-7,12H,1-3H3;1H/q+1;/p-1. The van der Waals surface area contributed by atoms with Gasteiger partial charge >= 0.3 is 10.3 Å². The first-order valence-corrected chi connectivity index (χ1v) is 8.44. The molecule has 1 aromatic heterocycles. The van der Waals surface area contributed by atoms with Crippen LogP contribution in [0.5, 0.6) is 5.75 Å². The van der Waals surface area contributed by atoms with Crippen LogP contribution in [-0.2, 0) is 0 Å². The van der Waals surface area contributed by atoms with Gasteiger partial charge in [-0.3, -0.25) is 0 Å². The molecule has 0 N–H and O–H groups in total. The van der Waals surface area contributed by atoms with Crippen LogP contribution in [0.25, 0.3) is 0 Å². The Morgan fingerprint density at radius 3 is 2.83 bits per heavy atom. The number of para-hydroxylation sites is 1. The topological polar surface area (TPSA) is 54.0 Å². The third kappa shape index (κ3) is 2.60. The molecule has 0 fully saturated rings. The Morgan fingerprint density at radius 2 is 2.04 bits per heavy atom. The van der Waals surface area contributed by atoms with Crippen molar-refractivity contribution in [2.75, 3.05) is 7.11 Å². The minimum Gasteiger partial charge on any atom is -1.00 e. The summed E-state index contributed by atoms with van der Waals surface area (Å²) in [6, 6.07) is 7.97. The highest BCUT2D eigenvalue weighted by Gasteiger charge is 2.45. The van der Waals surface area contributed by atoms with E-state index in [0.29, 0.717) is 0 Å². The van der Waals surface area contributed by atoms with Crippen molar-refractivity contribution in [3.63, 3.8) is 0 Å². The van der Waals surface area contributed by atoms with Gasteiger partial charge in [-0.15, -0.1) is 0 Å². The molecule has 4 rings (SSSR count). The zero-order valence-electron chi connectivity index (χ0n) is 12.7. The van der Waals surface area contributed by atoms with E-state index < -0.39 is 0 Å². The maximum Gasteiger partial charge on any atom is 0.409 e. The lowest BCUT2D eigenvalue weighted by atomic mass is 10.1. The Labute approximate surface area is 148 Å². The molecule has 0 aliphatic carbocycles. The van der Waals surface area contributed by atoms with Gasteiger partial charge in [0.1, 0.15) is 15.8 Å². The number of aryl methyl sites for hydroxylation is 1. The Kier molecular flexibility index (Phi) is 4.31. The molecule has 2 aliphatic heterocycles. The lowest BCUT2D eigenvalue weighted by Gasteiger charge is -2.24. The molecule has 0 radical (unpaired) electrons. The largest absolute Gasteiger partial charge is 1.00 e. The SMILES string of the molecule is COc1ccccc1C1N2N=C(C)SC2=Nc2sc(C)n[n+]21.[Cl-]. The molecule has 0 amide bonds. The van der Waals surface area contributed by atoms with Crippen LogP contribution in [0, 0.1) is 6.92 Å². The van der Waals surface area contributed by atoms with Gasteiger partial charge in [-0.05, 0) is 49.1 Å². The highest BCUT2D eigenvalue weighted by Crippen LogP contribution is 2.38. The average Bonchev–Trinajstić information content (AvgIpc) is 3.05. The molecule has 2 aromatic rings. The van der Waals surface area contributed by atoms with Gasteiger partial charge in [0.2, 0.25) is 0 Å². The van der Waals surface area contributed by atoms with E-state index in [1.165, 1.54) is 0 Å². The molecule has 6 nitrogen and oxygen atoms in total. The Bertz CT molecular complexity index is 819. The highest BCUT2D eigenvalue weighted by atomic mass is 35.5. The van der Waals surface area contributed by atoms with Crippen molar-refractivity contribution in [3.8, 4) is 5.75 Å². The number of hydrazone groups is 1. The number of nitrogens with zero attached hydrogens (tertiary/aromatic N) is 5. The highest BCUT2D eigenvalue weighted by molar-refractivity contribution is 8.26. The fourth-order valence-corrected chi connectivity index (χ4v) is 4.16. The summed E-state index contributed by atoms with van der Waals surface area (Å²) < 4.78 is 7.46. The number of thioether (sulfide) groups is 1. The summed E-state index contributed by atoms with van der Waals surface area (Å²) >= 11 is 3.17. The second-order valence-corrected chi connectivity index (χ2v) is 7.24. The number of fused-ring (bicyclic) bond motifs is 2. The van der Waals surface area contributed by atoms with Gasteiger partial charge in [0, 0.05) is 4.99 Å². The fourth-order valence-electron chi connectivity index (χ4n) is 2.58. The van der Waals surface area contributed by atoms with E-state index in [4.69, 9.17) is 4.74 Å². The summed E-state index contributed by atoms with van der Waals surface area (Å²) in [6.45, 7) is 3.98. The summed E-state index contributed by atoms with van der Waals surface area (Å²) in [5.41, 5.74) is 1.02. The summed E-state index contributed by atoms with van der Waals surface area (Å²) in [5, 5.41) is 14.9. The molecule has 9 heteroatoms. The van der Waals surface area contributed by atoms with Gasteiger partial charge in [0.05, 0.1) is 12.7 Å². The van der Waals surface area contributed by atoms with Crippen LogP contribution in [0.1, 0.15) is 23.7 Å². The molecule has 0 bridgehead atoms. The number of aromatic nitrogens is 2. The van der Waals surface area contributed by atoms with Gasteiger partial charge in [-0.2, -0.15) is 10.1 Å². The number of hydrogen-bond acceptors (Lipinski definition) is 7. The Morgan fingerprint density at radius 1 is 1.26 bits per heavy atom. The van der Waals surface area contributed by atoms with Crippen LogP contribution in [0.4, 0.5) is 5.13 Å². The number of amidine groups is 1. The van der Waals surface area contributed by atoms with Crippen molar-refractivity contribution in [3.05, 3.63) is 34.8 Å². The van der Waals surface area contributed by atoms with E-state index in [2.05, 4.69) is 15.2 Å². The summed E-state index contributed by atoms with van der Waals surface area (Å²) in [5.74, 6) is 0.822. The lowest BCUT2D eigenvalue weighted by Crippen LogP contribution is -3.00. The third-order valence-corrected chi connectivity index (χ3v) is 5.11. The molecule has 0 saturated carbocycles. The zero-order valence-corrected chi connectivity index (χ0v) is 15.1. The fraction of sp³-hybridized carbons (Fsp3) is 0.286. The maximum atomic E-state index is 5.54. The number of rotatable bonds is 2. The Hall–Kier alpha value is -1.64. The van der Waals surface area contributed by atoms with Crippen molar-refractivity contribution in [1.29, 1.82) is 0 Å². The molecule has 3 heterocycles. The second kappa shape index (κ2) is 6.10. The molecule has 0 saturated heterocycles. The van der Waals surface area contributed by atoms with Crippen LogP contribution in [0.3, 0.4) is 0 Å². The van der Waals surface area contributed by atoms with Crippen LogP contribution in [0.2, 0.25) is 0 Å². The van der Waals surface area contributed by atoms with Gasteiger partial charge in [0.15, 0.2) is 0 Å². The smallest absolute Gasteiger partial charge is 0.409 e. The van der Waals surface area contributed by atoms with E-state index in [9.17, 15) is 0 Å². The second-order valence-electron chi connectivity index (χ2n) is 4.92. The summed E-state index contributed by atoms with van der Waals surface area (Å²) in [6.07, 6.45) is -0.173. The van der Waals surface area contributed by atoms with E-state index in [1.54, 1.807) is 30.2 Å². The van der Waals surface area contributed by atoms with Crippen molar-refractivity contribution in [2.24, 2.45) is 10.1 Å². The molecular formula is C14H14ClN5OS2. The average molecular weight is 368 g/mol. The monoisotopic (exact) mass is 367 g/mol. The van der Waals surface area contributed by atoms with Crippen molar-refractivity contribution < 1.29 is 21.8 Å². The number of hydrogen-bond donors (Lipinski definition) is 0.